The molecule has 1 atom stereocenters. The summed E-state index contributed by atoms with van der Waals surface area (Å²) in [6, 6.07) is 4.44. The van der Waals surface area contributed by atoms with Crippen LogP contribution < -0.4 is 5.32 Å². The van der Waals surface area contributed by atoms with Gasteiger partial charge in [-0.3, -0.25) is 4.79 Å². The van der Waals surface area contributed by atoms with Crippen LogP contribution in [0.2, 0.25) is 0 Å². The van der Waals surface area contributed by atoms with Crippen molar-refractivity contribution in [3.05, 3.63) is 22.4 Å². The van der Waals surface area contributed by atoms with E-state index in [1.54, 1.807) is 11.3 Å². The van der Waals surface area contributed by atoms with E-state index in [4.69, 9.17) is 0 Å². The Morgan fingerprint density at radius 2 is 2.31 bits per heavy atom. The SMILES string of the molecule is CCCC(=O)NC[C@H](c1cccs1)N(C)C. The normalized spacial score (nSPS) is 12.8. The Morgan fingerprint density at radius 1 is 1.56 bits per heavy atom. The molecule has 0 spiro atoms. The van der Waals surface area contributed by atoms with Gasteiger partial charge in [-0.05, 0) is 32.0 Å². The Balaban J connectivity index is 2.50. The molecule has 0 aliphatic carbocycles. The van der Waals surface area contributed by atoms with Crippen molar-refractivity contribution < 1.29 is 4.79 Å². The summed E-state index contributed by atoms with van der Waals surface area (Å²) in [5, 5.41) is 5.05. The number of hydrogen-bond acceptors (Lipinski definition) is 3. The predicted molar refractivity (Wildman–Crippen MR) is 68.7 cm³/mol. The van der Waals surface area contributed by atoms with Crippen molar-refractivity contribution in [2.75, 3.05) is 20.6 Å². The molecule has 1 aromatic rings. The molecule has 0 bridgehead atoms. The first-order valence-corrected chi connectivity index (χ1v) is 6.49. The second-order valence-corrected chi connectivity index (χ2v) is 5.03. The second-order valence-electron chi connectivity index (χ2n) is 4.05. The fraction of sp³-hybridized carbons (Fsp3) is 0.583. The number of nitrogens with one attached hydrogen (secondary N) is 1. The van der Waals surface area contributed by atoms with Gasteiger partial charge in [0.15, 0.2) is 0 Å². The van der Waals surface area contributed by atoms with Crippen LogP contribution >= 0.6 is 11.3 Å². The van der Waals surface area contributed by atoms with E-state index in [1.807, 2.05) is 27.1 Å². The first-order chi connectivity index (χ1) is 7.65. The highest BCUT2D eigenvalue weighted by atomic mass is 32.1. The Labute approximate surface area is 101 Å². The van der Waals surface area contributed by atoms with Gasteiger partial charge in [0.25, 0.3) is 0 Å². The molecule has 0 radical (unpaired) electrons. The highest BCUT2D eigenvalue weighted by molar-refractivity contribution is 7.10. The predicted octanol–water partition coefficient (Wildman–Crippen LogP) is 2.27. The smallest absolute Gasteiger partial charge is 0.220 e. The third kappa shape index (κ3) is 3.94. The number of nitrogens with zero attached hydrogens (tertiary/aromatic N) is 1. The van der Waals surface area contributed by atoms with E-state index in [1.165, 1.54) is 4.88 Å². The lowest BCUT2D eigenvalue weighted by atomic mass is 10.2. The van der Waals surface area contributed by atoms with Crippen LogP contribution in [0.25, 0.3) is 0 Å². The summed E-state index contributed by atoms with van der Waals surface area (Å²) in [7, 11) is 4.08. The molecule has 0 unspecified atom stereocenters. The highest BCUT2D eigenvalue weighted by Crippen LogP contribution is 2.22. The molecule has 1 amide bonds. The van der Waals surface area contributed by atoms with E-state index in [0.717, 1.165) is 6.42 Å². The van der Waals surface area contributed by atoms with E-state index >= 15 is 0 Å². The Hall–Kier alpha value is -0.870. The zero-order chi connectivity index (χ0) is 12.0. The molecule has 3 nitrogen and oxygen atoms in total. The summed E-state index contributed by atoms with van der Waals surface area (Å²) in [6.45, 7) is 2.70. The molecule has 1 aromatic heterocycles. The van der Waals surface area contributed by atoms with Gasteiger partial charge in [0.2, 0.25) is 5.91 Å². The zero-order valence-corrected chi connectivity index (χ0v) is 11.0. The van der Waals surface area contributed by atoms with Crippen molar-refractivity contribution in [3.8, 4) is 0 Å². The topological polar surface area (TPSA) is 32.3 Å². The summed E-state index contributed by atoms with van der Waals surface area (Å²) in [5.41, 5.74) is 0. The summed E-state index contributed by atoms with van der Waals surface area (Å²) in [4.78, 5) is 14.8. The van der Waals surface area contributed by atoms with Crippen molar-refractivity contribution in [2.45, 2.75) is 25.8 Å². The minimum atomic E-state index is 0.144. The van der Waals surface area contributed by atoms with Crippen LogP contribution in [-0.4, -0.2) is 31.4 Å². The van der Waals surface area contributed by atoms with Gasteiger partial charge in [-0.1, -0.05) is 13.0 Å². The van der Waals surface area contributed by atoms with Gasteiger partial charge in [-0.15, -0.1) is 11.3 Å². The number of amides is 1. The number of carbonyl (C=O) groups excluding carboxylic acids is 1. The molecule has 0 fully saturated rings. The van der Waals surface area contributed by atoms with Crippen LogP contribution in [0.5, 0.6) is 0 Å². The molecule has 0 aliphatic rings. The number of likely N-dealkylation sites (N-methyl/N-ethyl adjacent to an activating group) is 1. The van der Waals surface area contributed by atoms with Gasteiger partial charge in [0, 0.05) is 17.8 Å². The fourth-order valence-electron chi connectivity index (χ4n) is 1.54. The number of hydrogen-bond donors (Lipinski definition) is 1. The van der Waals surface area contributed by atoms with Gasteiger partial charge in [0.05, 0.1) is 6.04 Å². The number of carbonyl (C=O) groups is 1. The van der Waals surface area contributed by atoms with E-state index in [9.17, 15) is 4.79 Å². The molecule has 90 valence electrons. The lowest BCUT2D eigenvalue weighted by Gasteiger charge is -2.23. The monoisotopic (exact) mass is 240 g/mol. The van der Waals surface area contributed by atoms with E-state index in [2.05, 4.69) is 21.7 Å². The largest absolute Gasteiger partial charge is 0.354 e. The minimum absolute atomic E-state index is 0.144. The third-order valence-corrected chi connectivity index (χ3v) is 3.44. The van der Waals surface area contributed by atoms with Crippen LogP contribution in [0, 0.1) is 0 Å². The summed E-state index contributed by atoms with van der Waals surface area (Å²) < 4.78 is 0. The Bertz CT molecular complexity index is 309. The van der Waals surface area contributed by atoms with Gasteiger partial charge >= 0.3 is 0 Å². The van der Waals surface area contributed by atoms with Gasteiger partial charge in [-0.25, -0.2) is 0 Å². The molecule has 0 saturated heterocycles. The van der Waals surface area contributed by atoms with Crippen molar-refractivity contribution in [3.63, 3.8) is 0 Å². The number of thiophene rings is 1. The fourth-order valence-corrected chi connectivity index (χ4v) is 2.47. The molecule has 0 saturated carbocycles. The third-order valence-electron chi connectivity index (χ3n) is 2.46. The van der Waals surface area contributed by atoms with Crippen LogP contribution in [-0.2, 0) is 4.79 Å². The van der Waals surface area contributed by atoms with Crippen molar-refractivity contribution >= 4 is 17.2 Å². The van der Waals surface area contributed by atoms with E-state index in [0.29, 0.717) is 13.0 Å². The summed E-state index contributed by atoms with van der Waals surface area (Å²) >= 11 is 1.73. The maximum Gasteiger partial charge on any atom is 0.220 e. The maximum absolute atomic E-state index is 11.4. The quantitative estimate of drug-likeness (QED) is 0.827. The average Bonchev–Trinajstić information content (AvgIpc) is 2.71. The summed E-state index contributed by atoms with van der Waals surface area (Å²) in [5.74, 6) is 0.144. The average molecular weight is 240 g/mol. The van der Waals surface area contributed by atoms with Crippen molar-refractivity contribution in [2.24, 2.45) is 0 Å². The molecule has 0 aliphatic heterocycles. The second kappa shape index (κ2) is 6.66. The van der Waals surface area contributed by atoms with Crippen LogP contribution in [0.3, 0.4) is 0 Å². The van der Waals surface area contributed by atoms with Crippen molar-refractivity contribution in [1.29, 1.82) is 0 Å². The van der Waals surface area contributed by atoms with Gasteiger partial charge in [-0.2, -0.15) is 0 Å². The molecular weight excluding hydrogens is 220 g/mol. The molecule has 1 heterocycles. The maximum atomic E-state index is 11.4. The van der Waals surface area contributed by atoms with Gasteiger partial charge in [0.1, 0.15) is 0 Å². The first-order valence-electron chi connectivity index (χ1n) is 5.61. The number of rotatable bonds is 6. The first kappa shape index (κ1) is 13.2. The summed E-state index contributed by atoms with van der Waals surface area (Å²) in [6.07, 6.45) is 1.52. The highest BCUT2D eigenvalue weighted by Gasteiger charge is 2.15. The standard InChI is InChI=1S/C12H20N2OS/c1-4-6-12(15)13-9-10(14(2)3)11-7-5-8-16-11/h5,7-8,10H,4,6,9H2,1-3H3,(H,13,15)/t10-/m1/s1. The van der Waals surface area contributed by atoms with Crippen LogP contribution in [0.15, 0.2) is 17.5 Å². The van der Waals surface area contributed by atoms with Gasteiger partial charge < -0.3 is 10.2 Å². The van der Waals surface area contributed by atoms with Crippen LogP contribution in [0.4, 0.5) is 0 Å². The Morgan fingerprint density at radius 3 is 2.81 bits per heavy atom. The molecular formula is C12H20N2OS. The molecule has 0 aromatic carbocycles. The van der Waals surface area contributed by atoms with E-state index < -0.39 is 0 Å². The van der Waals surface area contributed by atoms with Crippen molar-refractivity contribution in [1.82, 2.24) is 10.2 Å². The minimum Gasteiger partial charge on any atom is -0.354 e. The lowest BCUT2D eigenvalue weighted by Crippen LogP contribution is -2.33. The molecule has 1 rings (SSSR count). The lowest BCUT2D eigenvalue weighted by molar-refractivity contribution is -0.121. The zero-order valence-electron chi connectivity index (χ0n) is 10.2. The Kier molecular flexibility index (Phi) is 5.49. The molecule has 1 N–H and O–H groups in total. The van der Waals surface area contributed by atoms with Crippen LogP contribution in [0.1, 0.15) is 30.7 Å². The molecule has 16 heavy (non-hydrogen) atoms. The van der Waals surface area contributed by atoms with E-state index in [-0.39, 0.29) is 11.9 Å². The molecule has 4 heteroatoms.